The molecule has 0 bridgehead atoms. The Morgan fingerprint density at radius 2 is 2.44 bits per heavy atom. The van der Waals surface area contributed by atoms with Gasteiger partial charge in [-0.15, -0.1) is 11.3 Å². The molecule has 0 spiro atoms. The van der Waals surface area contributed by atoms with E-state index < -0.39 is 0 Å². The Hall–Kier alpha value is -0.580. The third-order valence-corrected chi connectivity index (χ3v) is 4.68. The van der Waals surface area contributed by atoms with Crippen LogP contribution in [0.2, 0.25) is 5.02 Å². The molecule has 1 unspecified atom stereocenters. The molecule has 1 atom stereocenters. The van der Waals surface area contributed by atoms with Crippen molar-refractivity contribution < 1.29 is 9.90 Å². The van der Waals surface area contributed by atoms with E-state index in [1.807, 2.05) is 16.3 Å². The van der Waals surface area contributed by atoms with E-state index in [1.165, 1.54) is 0 Å². The maximum atomic E-state index is 12.1. The van der Waals surface area contributed by atoms with Crippen molar-refractivity contribution in [1.82, 2.24) is 4.90 Å². The second kappa shape index (κ2) is 6.55. The van der Waals surface area contributed by atoms with Gasteiger partial charge in [0.2, 0.25) is 5.91 Å². The number of halogens is 1. The highest BCUT2D eigenvalue weighted by Gasteiger charge is 2.22. The number of carbonyl (C=O) groups excluding carboxylic acids is 1. The standard InChI is InChI=1S/C13H18ClNO2S/c14-11-6-12(18-9-11)3-4-13(17)15-5-1-2-10(7-15)8-16/h6,9-10,16H,1-5,7-8H2. The Morgan fingerprint density at radius 1 is 1.61 bits per heavy atom. The summed E-state index contributed by atoms with van der Waals surface area (Å²) in [5, 5.41) is 11.8. The van der Waals surface area contributed by atoms with Gasteiger partial charge >= 0.3 is 0 Å². The second-order valence-corrected chi connectivity index (χ2v) is 6.19. The third-order valence-electron chi connectivity index (χ3n) is 3.34. The lowest BCUT2D eigenvalue weighted by Crippen LogP contribution is -2.41. The van der Waals surface area contributed by atoms with Crippen LogP contribution in [0.4, 0.5) is 0 Å². The normalized spacial score (nSPS) is 20.1. The van der Waals surface area contributed by atoms with Crippen LogP contribution in [-0.4, -0.2) is 35.6 Å². The van der Waals surface area contributed by atoms with Gasteiger partial charge in [0.15, 0.2) is 0 Å². The number of rotatable bonds is 4. The molecule has 1 fully saturated rings. The fourth-order valence-electron chi connectivity index (χ4n) is 2.31. The molecular formula is C13H18ClNO2S. The number of aliphatic hydroxyl groups excluding tert-OH is 1. The van der Waals surface area contributed by atoms with Gasteiger partial charge in [-0.3, -0.25) is 4.79 Å². The number of carbonyl (C=O) groups is 1. The van der Waals surface area contributed by atoms with Crippen molar-refractivity contribution in [3.05, 3.63) is 21.3 Å². The molecule has 1 saturated heterocycles. The number of aryl methyl sites for hydroxylation is 1. The number of aliphatic hydroxyl groups is 1. The van der Waals surface area contributed by atoms with E-state index in [4.69, 9.17) is 16.7 Å². The van der Waals surface area contributed by atoms with Crippen LogP contribution < -0.4 is 0 Å². The largest absolute Gasteiger partial charge is 0.396 e. The van der Waals surface area contributed by atoms with Gasteiger partial charge in [0.1, 0.15) is 0 Å². The number of hydrogen-bond donors (Lipinski definition) is 1. The Balaban J connectivity index is 1.80. The molecule has 1 N–H and O–H groups in total. The molecule has 1 aliphatic heterocycles. The molecule has 18 heavy (non-hydrogen) atoms. The fourth-order valence-corrected chi connectivity index (χ4v) is 3.39. The van der Waals surface area contributed by atoms with Crippen LogP contribution in [0.1, 0.15) is 24.1 Å². The lowest BCUT2D eigenvalue weighted by atomic mass is 9.98. The van der Waals surface area contributed by atoms with Crippen molar-refractivity contribution >= 4 is 28.8 Å². The van der Waals surface area contributed by atoms with Crippen molar-refractivity contribution in [2.45, 2.75) is 25.7 Å². The summed E-state index contributed by atoms with van der Waals surface area (Å²) in [6, 6.07) is 1.92. The van der Waals surface area contributed by atoms with Crippen LogP contribution in [0.25, 0.3) is 0 Å². The zero-order valence-corrected chi connectivity index (χ0v) is 11.8. The highest BCUT2D eigenvalue weighted by Crippen LogP contribution is 2.21. The van der Waals surface area contributed by atoms with E-state index in [9.17, 15) is 4.79 Å². The molecule has 0 aliphatic carbocycles. The summed E-state index contributed by atoms with van der Waals surface area (Å²) in [7, 11) is 0. The summed E-state index contributed by atoms with van der Waals surface area (Å²) >= 11 is 7.45. The Morgan fingerprint density at radius 3 is 3.11 bits per heavy atom. The third kappa shape index (κ3) is 3.70. The zero-order valence-electron chi connectivity index (χ0n) is 10.3. The minimum absolute atomic E-state index is 0.185. The van der Waals surface area contributed by atoms with Crippen molar-refractivity contribution in [1.29, 1.82) is 0 Å². The zero-order chi connectivity index (χ0) is 13.0. The molecule has 1 aromatic heterocycles. The first-order valence-corrected chi connectivity index (χ1v) is 7.56. The number of thiophene rings is 1. The Kier molecular flexibility index (Phi) is 5.03. The highest BCUT2D eigenvalue weighted by molar-refractivity contribution is 7.10. The summed E-state index contributed by atoms with van der Waals surface area (Å²) < 4.78 is 0. The molecule has 5 heteroatoms. The van der Waals surface area contributed by atoms with E-state index in [2.05, 4.69) is 0 Å². The van der Waals surface area contributed by atoms with Crippen molar-refractivity contribution in [3.8, 4) is 0 Å². The molecule has 2 rings (SSSR count). The first-order valence-electron chi connectivity index (χ1n) is 6.30. The van der Waals surface area contributed by atoms with Crippen molar-refractivity contribution in [3.63, 3.8) is 0 Å². The van der Waals surface area contributed by atoms with E-state index in [0.29, 0.717) is 13.0 Å². The van der Waals surface area contributed by atoms with Gasteiger partial charge in [-0.05, 0) is 31.2 Å². The number of nitrogens with zero attached hydrogens (tertiary/aromatic N) is 1. The molecule has 2 heterocycles. The van der Waals surface area contributed by atoms with Crippen molar-refractivity contribution in [2.24, 2.45) is 5.92 Å². The first-order chi connectivity index (χ1) is 8.69. The smallest absolute Gasteiger partial charge is 0.222 e. The number of piperidine rings is 1. The summed E-state index contributed by atoms with van der Waals surface area (Å²) in [5.74, 6) is 0.455. The van der Waals surface area contributed by atoms with Crippen LogP contribution in [-0.2, 0) is 11.2 Å². The lowest BCUT2D eigenvalue weighted by Gasteiger charge is -2.31. The highest BCUT2D eigenvalue weighted by atomic mass is 35.5. The maximum Gasteiger partial charge on any atom is 0.222 e. The molecule has 1 aromatic rings. The monoisotopic (exact) mass is 287 g/mol. The van der Waals surface area contributed by atoms with Crippen LogP contribution in [0, 0.1) is 5.92 Å². The predicted molar refractivity (Wildman–Crippen MR) is 74.0 cm³/mol. The molecule has 0 radical (unpaired) electrons. The maximum absolute atomic E-state index is 12.1. The molecule has 0 aromatic carbocycles. The molecule has 3 nitrogen and oxygen atoms in total. The predicted octanol–water partition coefficient (Wildman–Crippen LogP) is 2.57. The average molecular weight is 288 g/mol. The van der Waals surface area contributed by atoms with E-state index in [-0.39, 0.29) is 18.4 Å². The van der Waals surface area contributed by atoms with Gasteiger partial charge in [-0.2, -0.15) is 0 Å². The second-order valence-electron chi connectivity index (χ2n) is 4.76. The lowest BCUT2D eigenvalue weighted by molar-refractivity contribution is -0.133. The first kappa shape index (κ1) is 13.8. The summed E-state index contributed by atoms with van der Waals surface area (Å²) in [6.45, 7) is 1.73. The van der Waals surface area contributed by atoms with Gasteiger partial charge in [0, 0.05) is 36.4 Å². The van der Waals surface area contributed by atoms with E-state index in [1.54, 1.807) is 11.3 Å². The summed E-state index contributed by atoms with van der Waals surface area (Å²) in [6.07, 6.45) is 3.33. The van der Waals surface area contributed by atoms with Crippen LogP contribution in [0.5, 0.6) is 0 Å². The van der Waals surface area contributed by atoms with Gasteiger partial charge < -0.3 is 10.0 Å². The van der Waals surface area contributed by atoms with Crippen LogP contribution >= 0.6 is 22.9 Å². The molecule has 100 valence electrons. The quantitative estimate of drug-likeness (QED) is 0.925. The fraction of sp³-hybridized carbons (Fsp3) is 0.615. The van der Waals surface area contributed by atoms with Crippen molar-refractivity contribution in [2.75, 3.05) is 19.7 Å². The molecule has 1 amide bonds. The number of hydrogen-bond acceptors (Lipinski definition) is 3. The van der Waals surface area contributed by atoms with Gasteiger partial charge in [0.25, 0.3) is 0 Å². The van der Waals surface area contributed by atoms with Crippen LogP contribution in [0.3, 0.4) is 0 Å². The average Bonchev–Trinajstić information content (AvgIpc) is 2.82. The van der Waals surface area contributed by atoms with Crippen LogP contribution in [0.15, 0.2) is 11.4 Å². The Labute approximate surface area is 116 Å². The van der Waals surface area contributed by atoms with Gasteiger partial charge in [-0.1, -0.05) is 11.6 Å². The topological polar surface area (TPSA) is 40.5 Å². The summed E-state index contributed by atoms with van der Waals surface area (Å²) in [5.41, 5.74) is 0. The molecule has 0 saturated carbocycles. The molecular weight excluding hydrogens is 270 g/mol. The minimum Gasteiger partial charge on any atom is -0.396 e. The minimum atomic E-state index is 0.185. The SMILES string of the molecule is O=C(CCc1cc(Cl)cs1)N1CCCC(CO)C1. The summed E-state index contributed by atoms with van der Waals surface area (Å²) in [4.78, 5) is 15.1. The van der Waals surface area contributed by atoms with Gasteiger partial charge in [-0.25, -0.2) is 0 Å². The number of likely N-dealkylation sites (tertiary alicyclic amines) is 1. The number of amides is 1. The molecule has 1 aliphatic rings. The Bertz CT molecular complexity index is 407. The van der Waals surface area contributed by atoms with E-state index >= 15 is 0 Å². The van der Waals surface area contributed by atoms with E-state index in [0.717, 1.165) is 35.7 Å². The van der Waals surface area contributed by atoms with Gasteiger partial charge in [0.05, 0.1) is 5.02 Å².